The molecule has 90 valence electrons. The Balaban J connectivity index is 1.91. The van der Waals surface area contributed by atoms with E-state index in [9.17, 15) is 5.11 Å². The second kappa shape index (κ2) is 7.53. The molecule has 0 bridgehead atoms. The Morgan fingerprint density at radius 3 is 2.47 bits per heavy atom. The number of nitrogens with one attached hydrogen (secondary N) is 1. The minimum atomic E-state index is 0.293. The molecule has 0 aliphatic heterocycles. The molecule has 0 aromatic rings. The third-order valence-electron chi connectivity index (χ3n) is 2.72. The van der Waals surface area contributed by atoms with E-state index in [-0.39, 0.29) is 0 Å². The number of aliphatic hydroxyl groups excluding tert-OH is 1. The Hall–Kier alpha value is 0.270. The van der Waals surface area contributed by atoms with Crippen LogP contribution in [0.2, 0.25) is 0 Å². The van der Waals surface area contributed by atoms with Crippen molar-refractivity contribution in [3.8, 4) is 0 Å². The summed E-state index contributed by atoms with van der Waals surface area (Å²) >= 11 is 2.02. The van der Waals surface area contributed by atoms with E-state index >= 15 is 0 Å². The number of hydrogen-bond donors (Lipinski definition) is 2. The first-order valence-electron chi connectivity index (χ1n) is 6.17. The van der Waals surface area contributed by atoms with E-state index in [1.54, 1.807) is 0 Å². The van der Waals surface area contributed by atoms with E-state index < -0.39 is 0 Å². The van der Waals surface area contributed by atoms with Crippen LogP contribution in [0.15, 0.2) is 0 Å². The predicted molar refractivity (Wildman–Crippen MR) is 68.4 cm³/mol. The van der Waals surface area contributed by atoms with Crippen LogP contribution in [0, 0.1) is 5.92 Å². The first-order chi connectivity index (χ1) is 7.22. The molecule has 0 radical (unpaired) electrons. The molecule has 1 unspecified atom stereocenters. The SMILES string of the molecule is CC(C)CCSCCC(CO)NC1CC1. The van der Waals surface area contributed by atoms with Crippen LogP contribution in [0.4, 0.5) is 0 Å². The monoisotopic (exact) mass is 231 g/mol. The zero-order chi connectivity index (χ0) is 11.1. The van der Waals surface area contributed by atoms with Crippen LogP contribution in [0.5, 0.6) is 0 Å². The molecule has 0 heterocycles. The summed E-state index contributed by atoms with van der Waals surface area (Å²) < 4.78 is 0. The van der Waals surface area contributed by atoms with Gasteiger partial charge in [0.15, 0.2) is 0 Å². The Morgan fingerprint density at radius 1 is 1.27 bits per heavy atom. The van der Waals surface area contributed by atoms with Gasteiger partial charge in [-0.1, -0.05) is 13.8 Å². The highest BCUT2D eigenvalue weighted by Gasteiger charge is 2.23. The van der Waals surface area contributed by atoms with Gasteiger partial charge < -0.3 is 10.4 Å². The molecule has 0 aromatic heterocycles. The van der Waals surface area contributed by atoms with Crippen LogP contribution in [-0.4, -0.2) is 35.3 Å². The van der Waals surface area contributed by atoms with E-state index in [1.165, 1.54) is 30.8 Å². The minimum absolute atomic E-state index is 0.293. The second-order valence-corrected chi connectivity index (χ2v) is 6.13. The largest absolute Gasteiger partial charge is 0.395 e. The lowest BCUT2D eigenvalue weighted by atomic mass is 10.2. The van der Waals surface area contributed by atoms with Gasteiger partial charge in [-0.2, -0.15) is 11.8 Å². The van der Waals surface area contributed by atoms with Gasteiger partial charge in [-0.25, -0.2) is 0 Å². The summed E-state index contributed by atoms with van der Waals surface area (Å²) in [4.78, 5) is 0. The Bertz CT molecular complexity index is 160. The van der Waals surface area contributed by atoms with Gasteiger partial charge in [-0.3, -0.25) is 0 Å². The lowest BCUT2D eigenvalue weighted by molar-refractivity contribution is 0.239. The van der Waals surface area contributed by atoms with E-state index in [2.05, 4.69) is 19.2 Å². The molecule has 1 fully saturated rings. The fraction of sp³-hybridized carbons (Fsp3) is 1.00. The third kappa shape index (κ3) is 7.20. The quantitative estimate of drug-likeness (QED) is 0.597. The van der Waals surface area contributed by atoms with Crippen LogP contribution in [0.25, 0.3) is 0 Å². The van der Waals surface area contributed by atoms with Gasteiger partial charge in [0.2, 0.25) is 0 Å². The van der Waals surface area contributed by atoms with Crippen molar-refractivity contribution in [3.05, 3.63) is 0 Å². The van der Waals surface area contributed by atoms with Gasteiger partial charge >= 0.3 is 0 Å². The zero-order valence-corrected chi connectivity index (χ0v) is 10.9. The van der Waals surface area contributed by atoms with Gasteiger partial charge in [-0.05, 0) is 43.1 Å². The van der Waals surface area contributed by atoms with E-state index in [4.69, 9.17) is 0 Å². The molecule has 1 aliphatic carbocycles. The maximum absolute atomic E-state index is 9.18. The summed E-state index contributed by atoms with van der Waals surface area (Å²) in [7, 11) is 0. The Kier molecular flexibility index (Phi) is 6.69. The van der Waals surface area contributed by atoms with E-state index in [0.717, 1.165) is 12.3 Å². The fourth-order valence-corrected chi connectivity index (χ4v) is 2.75. The van der Waals surface area contributed by atoms with Crippen molar-refractivity contribution < 1.29 is 5.11 Å². The fourth-order valence-electron chi connectivity index (χ4n) is 1.46. The van der Waals surface area contributed by atoms with E-state index in [0.29, 0.717) is 18.7 Å². The van der Waals surface area contributed by atoms with Crippen LogP contribution in [-0.2, 0) is 0 Å². The minimum Gasteiger partial charge on any atom is -0.395 e. The van der Waals surface area contributed by atoms with Gasteiger partial charge in [0.1, 0.15) is 0 Å². The molecule has 1 atom stereocenters. The first-order valence-corrected chi connectivity index (χ1v) is 7.32. The number of aliphatic hydroxyl groups is 1. The van der Waals surface area contributed by atoms with Crippen molar-refractivity contribution in [2.75, 3.05) is 18.1 Å². The van der Waals surface area contributed by atoms with Gasteiger partial charge in [0.25, 0.3) is 0 Å². The summed E-state index contributed by atoms with van der Waals surface area (Å²) in [5.41, 5.74) is 0. The van der Waals surface area contributed by atoms with Crippen LogP contribution in [0.1, 0.15) is 39.5 Å². The first kappa shape index (κ1) is 13.3. The highest BCUT2D eigenvalue weighted by molar-refractivity contribution is 7.99. The molecule has 1 saturated carbocycles. The lowest BCUT2D eigenvalue weighted by Crippen LogP contribution is -2.34. The van der Waals surface area contributed by atoms with Crippen molar-refractivity contribution in [3.63, 3.8) is 0 Å². The summed E-state index contributed by atoms with van der Waals surface area (Å²) in [5.74, 6) is 3.26. The lowest BCUT2D eigenvalue weighted by Gasteiger charge is -2.15. The molecular weight excluding hydrogens is 206 g/mol. The molecule has 0 saturated heterocycles. The molecule has 3 heteroatoms. The molecule has 2 nitrogen and oxygen atoms in total. The maximum Gasteiger partial charge on any atom is 0.0585 e. The summed E-state index contributed by atoms with van der Waals surface area (Å²) in [6, 6.07) is 1.05. The number of hydrogen-bond acceptors (Lipinski definition) is 3. The Labute approximate surface area is 98.2 Å². The van der Waals surface area contributed by atoms with E-state index in [1.807, 2.05) is 11.8 Å². The molecular formula is C12H25NOS. The zero-order valence-electron chi connectivity index (χ0n) is 10.0. The normalized spacial score (nSPS) is 18.4. The Morgan fingerprint density at radius 2 is 1.93 bits per heavy atom. The topological polar surface area (TPSA) is 32.3 Å². The van der Waals surface area contributed by atoms with Crippen LogP contribution < -0.4 is 5.32 Å². The summed E-state index contributed by atoms with van der Waals surface area (Å²) in [6.07, 6.45) is 5.02. The van der Waals surface area contributed by atoms with Crippen molar-refractivity contribution in [2.24, 2.45) is 5.92 Å². The van der Waals surface area contributed by atoms with Crippen molar-refractivity contribution >= 4 is 11.8 Å². The molecule has 0 amide bonds. The number of rotatable bonds is 9. The highest BCUT2D eigenvalue weighted by atomic mass is 32.2. The van der Waals surface area contributed by atoms with Gasteiger partial charge in [-0.15, -0.1) is 0 Å². The highest BCUT2D eigenvalue weighted by Crippen LogP contribution is 2.20. The molecule has 1 aliphatic rings. The average Bonchev–Trinajstić information content (AvgIpc) is 2.99. The molecule has 0 spiro atoms. The van der Waals surface area contributed by atoms with Crippen molar-refractivity contribution in [1.82, 2.24) is 5.32 Å². The molecule has 1 rings (SSSR count). The van der Waals surface area contributed by atoms with Gasteiger partial charge in [0, 0.05) is 12.1 Å². The van der Waals surface area contributed by atoms with Crippen molar-refractivity contribution in [1.29, 1.82) is 0 Å². The van der Waals surface area contributed by atoms with Crippen molar-refractivity contribution in [2.45, 2.75) is 51.6 Å². The second-order valence-electron chi connectivity index (χ2n) is 4.90. The molecule has 2 N–H and O–H groups in total. The molecule has 15 heavy (non-hydrogen) atoms. The smallest absolute Gasteiger partial charge is 0.0585 e. The summed E-state index contributed by atoms with van der Waals surface area (Å²) in [5, 5.41) is 12.7. The van der Waals surface area contributed by atoms with Crippen LogP contribution in [0.3, 0.4) is 0 Å². The van der Waals surface area contributed by atoms with Crippen LogP contribution >= 0.6 is 11.8 Å². The van der Waals surface area contributed by atoms with Gasteiger partial charge in [0.05, 0.1) is 6.61 Å². The third-order valence-corrected chi connectivity index (χ3v) is 3.77. The summed E-state index contributed by atoms with van der Waals surface area (Å²) in [6.45, 7) is 4.83. The standard InChI is InChI=1S/C12H25NOS/c1-10(2)5-7-15-8-6-12(9-14)13-11-3-4-11/h10-14H,3-9H2,1-2H3. The molecule has 0 aromatic carbocycles. The average molecular weight is 231 g/mol. The number of thioether (sulfide) groups is 1. The maximum atomic E-state index is 9.18. The predicted octanol–water partition coefficient (Wildman–Crippen LogP) is 2.27.